The molecule has 0 unspecified atom stereocenters. The van der Waals surface area contributed by atoms with Crippen LogP contribution in [0.3, 0.4) is 0 Å². The number of halogens is 3. The molecular weight excluding hydrogens is 704 g/mol. The highest BCUT2D eigenvalue weighted by atomic mass is 32.1. The van der Waals surface area contributed by atoms with E-state index in [0.29, 0.717) is 45.7 Å². The predicted octanol–water partition coefficient (Wildman–Crippen LogP) is 12.3. The highest BCUT2D eigenvalue weighted by molar-refractivity contribution is 7.26. The molecule has 10 heteroatoms. The maximum absolute atomic E-state index is 13.4. The van der Waals surface area contributed by atoms with Crippen molar-refractivity contribution in [1.29, 1.82) is 0 Å². The lowest BCUT2D eigenvalue weighted by atomic mass is 10.1. The number of aromatic nitrogens is 5. The van der Waals surface area contributed by atoms with E-state index in [1.165, 1.54) is 23.5 Å². The van der Waals surface area contributed by atoms with Crippen LogP contribution in [-0.2, 0) is 6.18 Å². The normalized spacial score (nSPS) is 12.0. The van der Waals surface area contributed by atoms with Crippen LogP contribution in [0.1, 0.15) is 5.56 Å². The van der Waals surface area contributed by atoms with E-state index in [2.05, 4.69) is 0 Å². The lowest BCUT2D eigenvalue weighted by molar-refractivity contribution is -0.137. The molecule has 0 atom stereocenters. The standard InChI is InChI=1S/C44H24F3N5OS/c45-44(46,47)30-19-15-25(16-20-30)37-39-38(32-13-7-8-14-36(32)54-39)49-42(48-37)28-18-22-34-33(23-28)31-21-17-29(24-35(31)53-34)43-51-40(26-9-3-1-4-10-26)50-41(52-43)27-11-5-2-6-12-27/h1-24H. The molecule has 0 saturated carbocycles. The first-order valence-electron chi connectivity index (χ1n) is 17.1. The van der Waals surface area contributed by atoms with E-state index in [-0.39, 0.29) is 0 Å². The number of fused-ring (bicyclic) bond motifs is 6. The van der Waals surface area contributed by atoms with Crippen LogP contribution in [0.4, 0.5) is 13.2 Å². The Morgan fingerprint density at radius 1 is 0.444 bits per heavy atom. The van der Waals surface area contributed by atoms with Gasteiger partial charge in [-0.25, -0.2) is 24.9 Å². The molecule has 4 aromatic heterocycles. The van der Waals surface area contributed by atoms with Gasteiger partial charge in [-0.3, -0.25) is 0 Å². The van der Waals surface area contributed by atoms with Crippen LogP contribution in [0.25, 0.3) is 99.1 Å². The zero-order valence-corrected chi connectivity index (χ0v) is 28.9. The minimum Gasteiger partial charge on any atom is -0.456 e. The second-order valence-electron chi connectivity index (χ2n) is 12.8. The van der Waals surface area contributed by atoms with Gasteiger partial charge in [-0.15, -0.1) is 11.3 Å². The average molecular weight is 728 g/mol. The van der Waals surface area contributed by atoms with Gasteiger partial charge >= 0.3 is 6.18 Å². The number of benzene rings is 6. The van der Waals surface area contributed by atoms with Crippen molar-refractivity contribution in [3.63, 3.8) is 0 Å². The molecule has 0 fully saturated rings. The van der Waals surface area contributed by atoms with E-state index in [9.17, 15) is 13.2 Å². The molecule has 10 aromatic rings. The predicted molar refractivity (Wildman–Crippen MR) is 208 cm³/mol. The molecule has 10 rings (SSSR count). The second-order valence-corrected chi connectivity index (χ2v) is 13.9. The molecule has 0 N–H and O–H groups in total. The lowest BCUT2D eigenvalue weighted by Crippen LogP contribution is -2.04. The number of alkyl halides is 3. The average Bonchev–Trinajstić information content (AvgIpc) is 3.78. The summed E-state index contributed by atoms with van der Waals surface area (Å²) in [5.41, 5.74) is 5.82. The fraction of sp³-hybridized carbons (Fsp3) is 0.0227. The largest absolute Gasteiger partial charge is 0.456 e. The molecule has 0 aliphatic carbocycles. The maximum Gasteiger partial charge on any atom is 0.416 e. The smallest absolute Gasteiger partial charge is 0.416 e. The second kappa shape index (κ2) is 12.4. The SMILES string of the molecule is FC(F)(F)c1ccc(-c2nc(-c3ccc4oc5cc(-c6nc(-c7ccccc7)nc(-c7ccccc7)n6)ccc5c4c3)nc3c2sc2ccccc23)cc1. The Balaban J connectivity index is 1.09. The Hall–Kier alpha value is -6.78. The summed E-state index contributed by atoms with van der Waals surface area (Å²) in [7, 11) is 0. The quantitative estimate of drug-likeness (QED) is 0.176. The topological polar surface area (TPSA) is 77.6 Å². The summed E-state index contributed by atoms with van der Waals surface area (Å²) < 4.78 is 48.5. The summed E-state index contributed by atoms with van der Waals surface area (Å²) in [6, 6.07) is 44.4. The fourth-order valence-electron chi connectivity index (χ4n) is 6.73. The zero-order chi connectivity index (χ0) is 36.4. The number of thiophene rings is 1. The van der Waals surface area contributed by atoms with Gasteiger partial charge in [0.25, 0.3) is 0 Å². The van der Waals surface area contributed by atoms with Crippen molar-refractivity contribution in [1.82, 2.24) is 24.9 Å². The fourth-order valence-corrected chi connectivity index (χ4v) is 7.88. The van der Waals surface area contributed by atoms with Gasteiger partial charge in [-0.1, -0.05) is 97.1 Å². The van der Waals surface area contributed by atoms with Gasteiger partial charge in [0, 0.05) is 48.7 Å². The van der Waals surface area contributed by atoms with Gasteiger partial charge in [-0.05, 0) is 48.5 Å². The first kappa shape index (κ1) is 31.9. The third-order valence-electron chi connectivity index (χ3n) is 9.39. The maximum atomic E-state index is 13.4. The molecular formula is C44H24F3N5OS. The minimum atomic E-state index is -4.44. The monoisotopic (exact) mass is 727 g/mol. The molecule has 0 saturated heterocycles. The highest BCUT2D eigenvalue weighted by Crippen LogP contribution is 2.41. The number of nitrogens with zero attached hydrogens (tertiary/aromatic N) is 5. The summed E-state index contributed by atoms with van der Waals surface area (Å²) in [5, 5.41) is 2.72. The first-order chi connectivity index (χ1) is 26.4. The molecule has 258 valence electrons. The number of hydrogen-bond donors (Lipinski definition) is 0. The van der Waals surface area contributed by atoms with Gasteiger partial charge in [-0.2, -0.15) is 13.2 Å². The summed E-state index contributed by atoms with van der Waals surface area (Å²) in [6.07, 6.45) is -4.44. The number of rotatable bonds is 5. The van der Waals surface area contributed by atoms with Crippen molar-refractivity contribution in [3.05, 3.63) is 151 Å². The summed E-state index contributed by atoms with van der Waals surface area (Å²) >= 11 is 1.52. The number of furan rings is 1. The molecule has 0 spiro atoms. The lowest BCUT2D eigenvalue weighted by Gasteiger charge is -2.09. The third-order valence-corrected chi connectivity index (χ3v) is 10.6. The molecule has 6 nitrogen and oxygen atoms in total. The van der Waals surface area contributed by atoms with E-state index in [1.54, 1.807) is 0 Å². The van der Waals surface area contributed by atoms with Crippen molar-refractivity contribution >= 4 is 53.6 Å². The van der Waals surface area contributed by atoms with Crippen LogP contribution in [0, 0.1) is 0 Å². The van der Waals surface area contributed by atoms with Gasteiger partial charge < -0.3 is 4.42 Å². The first-order valence-corrected chi connectivity index (χ1v) is 17.9. The van der Waals surface area contributed by atoms with Crippen LogP contribution < -0.4 is 0 Å². The highest BCUT2D eigenvalue weighted by Gasteiger charge is 2.30. The zero-order valence-electron chi connectivity index (χ0n) is 28.0. The Labute approximate surface area is 309 Å². The van der Waals surface area contributed by atoms with E-state index >= 15 is 0 Å². The summed E-state index contributed by atoms with van der Waals surface area (Å²) in [6.45, 7) is 0. The van der Waals surface area contributed by atoms with Crippen LogP contribution in [0.2, 0.25) is 0 Å². The third kappa shape index (κ3) is 5.55. The van der Waals surface area contributed by atoms with E-state index in [4.69, 9.17) is 29.3 Å². The molecule has 0 aliphatic heterocycles. The van der Waals surface area contributed by atoms with Crippen molar-refractivity contribution in [3.8, 4) is 56.8 Å². The molecule has 4 heterocycles. The Kier molecular flexibility index (Phi) is 7.34. The molecule has 54 heavy (non-hydrogen) atoms. The van der Waals surface area contributed by atoms with E-state index < -0.39 is 11.7 Å². The van der Waals surface area contributed by atoms with Crippen LogP contribution >= 0.6 is 11.3 Å². The van der Waals surface area contributed by atoms with E-state index in [0.717, 1.165) is 65.5 Å². The molecule has 0 radical (unpaired) electrons. The Morgan fingerprint density at radius 2 is 1.02 bits per heavy atom. The van der Waals surface area contributed by atoms with Gasteiger partial charge in [0.15, 0.2) is 23.3 Å². The molecule has 0 bridgehead atoms. The van der Waals surface area contributed by atoms with Gasteiger partial charge in [0.2, 0.25) is 0 Å². The summed E-state index contributed by atoms with van der Waals surface area (Å²) in [5.74, 6) is 2.12. The number of hydrogen-bond acceptors (Lipinski definition) is 7. The van der Waals surface area contributed by atoms with Gasteiger partial charge in [0.1, 0.15) is 11.2 Å². The van der Waals surface area contributed by atoms with Crippen LogP contribution in [-0.4, -0.2) is 24.9 Å². The van der Waals surface area contributed by atoms with Crippen LogP contribution in [0.5, 0.6) is 0 Å². The molecule has 6 aromatic carbocycles. The summed E-state index contributed by atoms with van der Waals surface area (Å²) in [4.78, 5) is 24.6. The van der Waals surface area contributed by atoms with Crippen molar-refractivity contribution in [2.24, 2.45) is 0 Å². The van der Waals surface area contributed by atoms with Crippen molar-refractivity contribution < 1.29 is 17.6 Å². The molecule has 0 aliphatic rings. The van der Waals surface area contributed by atoms with Crippen molar-refractivity contribution in [2.75, 3.05) is 0 Å². The Bertz CT molecular complexity index is 2980. The van der Waals surface area contributed by atoms with Crippen LogP contribution in [0.15, 0.2) is 150 Å². The molecule has 0 amide bonds. The Morgan fingerprint density at radius 3 is 1.70 bits per heavy atom. The van der Waals surface area contributed by atoms with Gasteiger partial charge in [0.05, 0.1) is 21.5 Å². The van der Waals surface area contributed by atoms with Crippen molar-refractivity contribution in [2.45, 2.75) is 6.18 Å². The van der Waals surface area contributed by atoms with E-state index in [1.807, 2.05) is 121 Å². The minimum absolute atomic E-state index is 0.459.